The molecule has 0 heterocycles. The molecule has 1 aromatic carbocycles. The summed E-state index contributed by atoms with van der Waals surface area (Å²) in [5.41, 5.74) is 0.811. The minimum atomic E-state index is -0.579. The fourth-order valence-electron chi connectivity index (χ4n) is 2.22. The minimum absolute atomic E-state index is 0.158. The number of benzene rings is 1. The highest BCUT2D eigenvalue weighted by molar-refractivity contribution is 5.78. The van der Waals surface area contributed by atoms with E-state index in [1.54, 1.807) is 4.90 Å². The van der Waals surface area contributed by atoms with E-state index < -0.39 is 6.04 Å². The number of rotatable bonds is 9. The summed E-state index contributed by atoms with van der Waals surface area (Å²) in [7, 11) is 0. The van der Waals surface area contributed by atoms with Crippen LogP contribution in [0.3, 0.4) is 0 Å². The van der Waals surface area contributed by atoms with Crippen LogP contribution in [-0.2, 0) is 4.79 Å². The number of carbonyl (C=O) groups excluding carboxylic acids is 2. The molecule has 0 aromatic heterocycles. The molecule has 1 atom stereocenters. The monoisotopic (exact) mass is 290 g/mol. The van der Waals surface area contributed by atoms with Gasteiger partial charge >= 0.3 is 6.03 Å². The molecule has 0 radical (unpaired) electrons. The average molecular weight is 290 g/mol. The van der Waals surface area contributed by atoms with Gasteiger partial charge in [0, 0.05) is 13.1 Å². The number of nitrogens with zero attached hydrogens (tertiary/aromatic N) is 1. The quantitative estimate of drug-likeness (QED) is 0.558. The van der Waals surface area contributed by atoms with Gasteiger partial charge in [-0.1, -0.05) is 57.0 Å². The zero-order valence-corrected chi connectivity index (χ0v) is 13.0. The second kappa shape index (κ2) is 9.97. The molecule has 2 amide bonds. The zero-order chi connectivity index (χ0) is 15.5. The molecule has 0 saturated carbocycles. The molecular formula is C17H26N2O2. The Balaban J connectivity index is 2.63. The van der Waals surface area contributed by atoms with Crippen LogP contribution in [-0.4, -0.2) is 30.3 Å². The number of urea groups is 1. The molecule has 4 nitrogen and oxygen atoms in total. The highest BCUT2D eigenvalue weighted by Gasteiger charge is 2.17. The van der Waals surface area contributed by atoms with Crippen molar-refractivity contribution in [3.63, 3.8) is 0 Å². The van der Waals surface area contributed by atoms with E-state index in [9.17, 15) is 9.59 Å². The second-order valence-corrected chi connectivity index (χ2v) is 5.17. The smallest absolute Gasteiger partial charge is 0.318 e. The largest absolute Gasteiger partial charge is 0.325 e. The van der Waals surface area contributed by atoms with Crippen LogP contribution in [0.15, 0.2) is 30.3 Å². The lowest BCUT2D eigenvalue weighted by molar-refractivity contribution is -0.109. The van der Waals surface area contributed by atoms with Gasteiger partial charge < -0.3 is 15.0 Å². The van der Waals surface area contributed by atoms with Crippen molar-refractivity contribution in [2.75, 3.05) is 13.1 Å². The molecule has 1 unspecified atom stereocenters. The summed E-state index contributed by atoms with van der Waals surface area (Å²) in [5.74, 6) is 0. The van der Waals surface area contributed by atoms with Gasteiger partial charge in [-0.15, -0.1) is 0 Å². The van der Waals surface area contributed by atoms with Gasteiger partial charge in [-0.3, -0.25) is 0 Å². The standard InChI is InChI=1S/C17H26N2O2/c1-3-5-9-13-19(12-4-2)17(21)18-16(14-20)15-10-7-6-8-11-15/h6-8,10-11,14,16H,3-5,9,12-13H2,1-2H3,(H,18,21). The van der Waals surface area contributed by atoms with Gasteiger partial charge in [0.25, 0.3) is 0 Å². The Bertz CT molecular complexity index is 420. The molecule has 21 heavy (non-hydrogen) atoms. The third-order valence-corrected chi connectivity index (χ3v) is 3.39. The number of hydrogen-bond donors (Lipinski definition) is 1. The SMILES string of the molecule is CCCCCN(CCC)C(=O)NC(C=O)c1ccccc1. The van der Waals surface area contributed by atoms with E-state index in [-0.39, 0.29) is 6.03 Å². The summed E-state index contributed by atoms with van der Waals surface area (Å²) < 4.78 is 0. The van der Waals surface area contributed by atoms with Gasteiger partial charge in [0.15, 0.2) is 0 Å². The van der Waals surface area contributed by atoms with Gasteiger partial charge in [0.2, 0.25) is 0 Å². The fourth-order valence-corrected chi connectivity index (χ4v) is 2.22. The van der Waals surface area contributed by atoms with Crippen LogP contribution in [0, 0.1) is 0 Å². The van der Waals surface area contributed by atoms with E-state index in [1.165, 1.54) is 0 Å². The molecule has 0 aliphatic carbocycles. The highest BCUT2D eigenvalue weighted by atomic mass is 16.2. The number of aldehydes is 1. The van der Waals surface area contributed by atoms with Gasteiger partial charge in [0.1, 0.15) is 12.3 Å². The molecule has 0 spiro atoms. The van der Waals surface area contributed by atoms with E-state index in [1.807, 2.05) is 30.3 Å². The molecule has 0 aliphatic heterocycles. The van der Waals surface area contributed by atoms with Gasteiger partial charge in [-0.05, 0) is 18.4 Å². The summed E-state index contributed by atoms with van der Waals surface area (Å²) in [4.78, 5) is 25.4. The first-order valence-electron chi connectivity index (χ1n) is 7.78. The summed E-state index contributed by atoms with van der Waals surface area (Å²) in [5, 5.41) is 2.81. The molecule has 0 aliphatic rings. The summed E-state index contributed by atoms with van der Waals surface area (Å²) in [6.07, 6.45) is 4.94. The Labute approximate surface area is 127 Å². The lowest BCUT2D eigenvalue weighted by Gasteiger charge is -2.24. The van der Waals surface area contributed by atoms with Crippen molar-refractivity contribution in [3.05, 3.63) is 35.9 Å². The summed E-state index contributed by atoms with van der Waals surface area (Å²) in [6, 6.07) is 8.58. The Morgan fingerprint density at radius 3 is 2.43 bits per heavy atom. The first kappa shape index (κ1) is 17.2. The molecule has 1 aromatic rings. The van der Waals surface area contributed by atoms with Gasteiger partial charge in [0.05, 0.1) is 0 Å². The topological polar surface area (TPSA) is 49.4 Å². The lowest BCUT2D eigenvalue weighted by Crippen LogP contribution is -2.43. The van der Waals surface area contributed by atoms with Crippen LogP contribution in [0.1, 0.15) is 51.1 Å². The fraction of sp³-hybridized carbons (Fsp3) is 0.529. The number of carbonyl (C=O) groups is 2. The number of nitrogens with one attached hydrogen (secondary N) is 1. The lowest BCUT2D eigenvalue weighted by atomic mass is 10.1. The minimum Gasteiger partial charge on any atom is -0.325 e. The number of amides is 2. The van der Waals surface area contributed by atoms with Gasteiger partial charge in [-0.2, -0.15) is 0 Å². The van der Waals surface area contributed by atoms with Crippen LogP contribution < -0.4 is 5.32 Å². The van der Waals surface area contributed by atoms with Gasteiger partial charge in [-0.25, -0.2) is 4.79 Å². The maximum atomic E-state index is 12.3. The van der Waals surface area contributed by atoms with Crippen LogP contribution in [0.2, 0.25) is 0 Å². The Morgan fingerprint density at radius 2 is 1.86 bits per heavy atom. The van der Waals surface area contributed by atoms with Crippen molar-refractivity contribution in [3.8, 4) is 0 Å². The van der Waals surface area contributed by atoms with Crippen molar-refractivity contribution in [2.45, 2.75) is 45.6 Å². The van der Waals surface area contributed by atoms with Crippen molar-refractivity contribution < 1.29 is 9.59 Å². The molecule has 116 valence electrons. The molecule has 1 rings (SSSR count). The summed E-state index contributed by atoms with van der Waals surface area (Å²) in [6.45, 7) is 5.65. The summed E-state index contributed by atoms with van der Waals surface area (Å²) >= 11 is 0. The predicted molar refractivity (Wildman–Crippen MR) is 85.2 cm³/mol. The molecule has 4 heteroatoms. The average Bonchev–Trinajstić information content (AvgIpc) is 2.52. The Hall–Kier alpha value is -1.84. The van der Waals surface area contributed by atoms with E-state index in [2.05, 4.69) is 19.2 Å². The zero-order valence-electron chi connectivity index (χ0n) is 13.0. The first-order chi connectivity index (χ1) is 10.2. The van der Waals surface area contributed by atoms with Crippen LogP contribution >= 0.6 is 0 Å². The van der Waals surface area contributed by atoms with E-state index >= 15 is 0 Å². The number of hydrogen-bond acceptors (Lipinski definition) is 2. The maximum absolute atomic E-state index is 12.3. The molecule has 1 N–H and O–H groups in total. The van der Waals surface area contributed by atoms with Crippen molar-refractivity contribution in [1.29, 1.82) is 0 Å². The molecule has 0 bridgehead atoms. The van der Waals surface area contributed by atoms with Crippen molar-refractivity contribution in [2.24, 2.45) is 0 Å². The first-order valence-corrected chi connectivity index (χ1v) is 7.78. The third kappa shape index (κ3) is 5.98. The van der Waals surface area contributed by atoms with E-state index in [4.69, 9.17) is 0 Å². The van der Waals surface area contributed by atoms with E-state index in [0.29, 0.717) is 0 Å². The van der Waals surface area contributed by atoms with Crippen molar-refractivity contribution in [1.82, 2.24) is 10.2 Å². The predicted octanol–water partition coefficient (Wildman–Crippen LogP) is 3.54. The Kier molecular flexibility index (Phi) is 8.17. The second-order valence-electron chi connectivity index (χ2n) is 5.17. The van der Waals surface area contributed by atoms with Crippen LogP contribution in [0.5, 0.6) is 0 Å². The molecular weight excluding hydrogens is 264 g/mol. The Morgan fingerprint density at radius 1 is 1.14 bits per heavy atom. The van der Waals surface area contributed by atoms with Crippen LogP contribution in [0.25, 0.3) is 0 Å². The maximum Gasteiger partial charge on any atom is 0.318 e. The number of unbranched alkanes of at least 4 members (excludes halogenated alkanes) is 2. The highest BCUT2D eigenvalue weighted by Crippen LogP contribution is 2.11. The molecule has 0 fully saturated rings. The van der Waals surface area contributed by atoms with Crippen molar-refractivity contribution >= 4 is 12.3 Å². The van der Waals surface area contributed by atoms with E-state index in [0.717, 1.165) is 50.6 Å². The third-order valence-electron chi connectivity index (χ3n) is 3.39. The van der Waals surface area contributed by atoms with Crippen LogP contribution in [0.4, 0.5) is 4.79 Å². The normalized spacial score (nSPS) is 11.7. The molecule has 0 saturated heterocycles.